The van der Waals surface area contributed by atoms with E-state index >= 15 is 0 Å². The quantitative estimate of drug-likeness (QED) is 0.489. The van der Waals surface area contributed by atoms with Gasteiger partial charge in [-0.25, -0.2) is 4.79 Å². The van der Waals surface area contributed by atoms with Gasteiger partial charge in [0.05, 0.1) is 28.7 Å². The van der Waals surface area contributed by atoms with E-state index < -0.39 is 10.9 Å². The molecule has 108 valence electrons. The molecule has 0 amide bonds. The summed E-state index contributed by atoms with van der Waals surface area (Å²) in [6.07, 6.45) is 2.00. The lowest BCUT2D eigenvalue weighted by Crippen LogP contribution is -2.00. The fourth-order valence-electron chi connectivity index (χ4n) is 1.68. The van der Waals surface area contributed by atoms with E-state index in [0.717, 1.165) is 6.20 Å². The Bertz CT molecular complexity index is 720. The molecule has 0 aliphatic carbocycles. The maximum absolute atomic E-state index is 11.5. The number of nitrogens with zero attached hydrogens (tertiary/aromatic N) is 1. The minimum atomic E-state index is -0.590. The van der Waals surface area contributed by atoms with Gasteiger partial charge < -0.3 is 9.15 Å². The van der Waals surface area contributed by atoms with Crippen molar-refractivity contribution in [1.82, 2.24) is 0 Å². The number of furan rings is 1. The predicted molar refractivity (Wildman–Crippen MR) is 76.5 cm³/mol. The largest absolute Gasteiger partial charge is 0.465 e. The molecule has 0 aliphatic heterocycles. The van der Waals surface area contributed by atoms with Gasteiger partial charge in [-0.05, 0) is 30.3 Å². The predicted octanol–water partition coefficient (Wildman–Crippen LogP) is 3.63. The molecule has 6 nitrogen and oxygen atoms in total. The van der Waals surface area contributed by atoms with Gasteiger partial charge in [0.1, 0.15) is 11.5 Å². The van der Waals surface area contributed by atoms with Crippen molar-refractivity contribution in [3.8, 4) is 11.3 Å². The first-order valence-electron chi connectivity index (χ1n) is 5.81. The van der Waals surface area contributed by atoms with E-state index in [1.807, 2.05) is 0 Å². The molecule has 0 spiro atoms. The first kappa shape index (κ1) is 14.8. The molecule has 1 aromatic carbocycles. The summed E-state index contributed by atoms with van der Waals surface area (Å²) in [7, 11) is 1.28. The third kappa shape index (κ3) is 3.49. The molecular formula is C14H10ClNO5. The minimum Gasteiger partial charge on any atom is -0.465 e. The summed E-state index contributed by atoms with van der Waals surface area (Å²) in [6.45, 7) is 0. The SMILES string of the molecule is COC(=O)c1ccc(Cl)c(-c2ccc(/C=C/[N+](=O)[O-])o2)c1. The second kappa shape index (κ2) is 6.23. The third-order valence-electron chi connectivity index (χ3n) is 2.64. The van der Waals surface area contributed by atoms with Crippen LogP contribution in [0, 0.1) is 10.1 Å². The molecule has 0 unspecified atom stereocenters. The van der Waals surface area contributed by atoms with Crippen molar-refractivity contribution in [2.75, 3.05) is 7.11 Å². The van der Waals surface area contributed by atoms with Gasteiger partial charge in [-0.3, -0.25) is 10.1 Å². The fourth-order valence-corrected chi connectivity index (χ4v) is 1.89. The van der Waals surface area contributed by atoms with Crippen LogP contribution in [0.5, 0.6) is 0 Å². The Morgan fingerprint density at radius 2 is 2.14 bits per heavy atom. The average molecular weight is 308 g/mol. The van der Waals surface area contributed by atoms with Crippen molar-refractivity contribution in [1.29, 1.82) is 0 Å². The van der Waals surface area contributed by atoms with Gasteiger partial charge in [-0.15, -0.1) is 0 Å². The molecule has 1 heterocycles. The van der Waals surface area contributed by atoms with Crippen LogP contribution in [-0.4, -0.2) is 18.0 Å². The highest BCUT2D eigenvalue weighted by Crippen LogP contribution is 2.30. The smallest absolute Gasteiger partial charge is 0.337 e. The summed E-state index contributed by atoms with van der Waals surface area (Å²) in [4.78, 5) is 21.2. The van der Waals surface area contributed by atoms with Gasteiger partial charge in [-0.2, -0.15) is 0 Å². The van der Waals surface area contributed by atoms with Crippen LogP contribution in [0.3, 0.4) is 0 Å². The summed E-state index contributed by atoms with van der Waals surface area (Å²) in [5.41, 5.74) is 0.830. The molecule has 2 rings (SSSR count). The molecule has 2 aromatic rings. The van der Waals surface area contributed by atoms with Crippen molar-refractivity contribution in [2.24, 2.45) is 0 Å². The summed E-state index contributed by atoms with van der Waals surface area (Å²) >= 11 is 6.08. The Morgan fingerprint density at radius 3 is 2.81 bits per heavy atom. The van der Waals surface area contributed by atoms with E-state index in [1.54, 1.807) is 18.2 Å². The first-order chi connectivity index (χ1) is 10.0. The molecule has 0 N–H and O–H groups in total. The van der Waals surface area contributed by atoms with Crippen LogP contribution >= 0.6 is 11.6 Å². The highest BCUT2D eigenvalue weighted by atomic mass is 35.5. The second-order valence-electron chi connectivity index (χ2n) is 3.99. The molecule has 21 heavy (non-hydrogen) atoms. The van der Waals surface area contributed by atoms with E-state index in [2.05, 4.69) is 4.74 Å². The molecule has 0 fully saturated rings. The maximum Gasteiger partial charge on any atom is 0.337 e. The number of nitro groups is 1. The lowest BCUT2D eigenvalue weighted by molar-refractivity contribution is -0.401. The first-order valence-corrected chi connectivity index (χ1v) is 6.19. The molecule has 7 heteroatoms. The number of methoxy groups -OCH3 is 1. The summed E-state index contributed by atoms with van der Waals surface area (Å²) in [6, 6.07) is 7.80. The Hall–Kier alpha value is -2.60. The van der Waals surface area contributed by atoms with Crippen LogP contribution in [0.4, 0.5) is 0 Å². The summed E-state index contributed by atoms with van der Waals surface area (Å²) in [5.74, 6) is 0.211. The molecule has 0 aliphatic rings. The normalized spacial score (nSPS) is 10.8. The van der Waals surface area contributed by atoms with Crippen LogP contribution in [0.1, 0.15) is 16.1 Å². The molecule has 0 saturated carbocycles. The van der Waals surface area contributed by atoms with Crippen LogP contribution < -0.4 is 0 Å². The third-order valence-corrected chi connectivity index (χ3v) is 2.97. The highest BCUT2D eigenvalue weighted by Gasteiger charge is 2.13. The minimum absolute atomic E-state index is 0.307. The van der Waals surface area contributed by atoms with Crippen LogP contribution in [0.15, 0.2) is 40.9 Å². The number of ether oxygens (including phenoxy) is 1. The monoisotopic (exact) mass is 307 g/mol. The molecule has 0 bridgehead atoms. The van der Waals surface area contributed by atoms with Gasteiger partial charge in [0, 0.05) is 5.56 Å². The van der Waals surface area contributed by atoms with E-state index in [1.165, 1.54) is 25.3 Å². The van der Waals surface area contributed by atoms with E-state index in [9.17, 15) is 14.9 Å². The topological polar surface area (TPSA) is 82.6 Å². The molecular weight excluding hydrogens is 298 g/mol. The lowest BCUT2D eigenvalue weighted by Gasteiger charge is -2.04. The van der Waals surface area contributed by atoms with Crippen LogP contribution in [-0.2, 0) is 4.74 Å². The Labute approximate surface area is 124 Å². The van der Waals surface area contributed by atoms with Crippen molar-refractivity contribution >= 4 is 23.6 Å². The van der Waals surface area contributed by atoms with Gasteiger partial charge in [-0.1, -0.05) is 11.6 Å². The number of hydrogen-bond acceptors (Lipinski definition) is 5. The molecule has 0 atom stereocenters. The van der Waals surface area contributed by atoms with Crippen molar-refractivity contribution < 1.29 is 18.9 Å². The number of carbonyl (C=O) groups is 1. The van der Waals surface area contributed by atoms with E-state index in [0.29, 0.717) is 27.7 Å². The maximum atomic E-state index is 11.5. The molecule has 1 aromatic heterocycles. The Balaban J connectivity index is 2.37. The fraction of sp³-hybridized carbons (Fsp3) is 0.0714. The van der Waals surface area contributed by atoms with E-state index in [-0.39, 0.29) is 0 Å². The molecule has 0 radical (unpaired) electrons. The van der Waals surface area contributed by atoms with Gasteiger partial charge in [0.15, 0.2) is 0 Å². The van der Waals surface area contributed by atoms with Crippen molar-refractivity contribution in [3.05, 3.63) is 63.0 Å². The summed E-state index contributed by atoms with van der Waals surface area (Å²) < 4.78 is 10.1. The number of halogens is 1. The number of rotatable bonds is 4. The standard InChI is InChI=1S/C14H10ClNO5/c1-20-14(17)9-2-4-12(15)11(8-9)13-5-3-10(21-13)6-7-16(18)19/h2-8H,1H3/b7-6+. The lowest BCUT2D eigenvalue weighted by atomic mass is 10.1. The summed E-state index contributed by atoms with van der Waals surface area (Å²) in [5, 5.41) is 10.7. The Morgan fingerprint density at radius 1 is 1.38 bits per heavy atom. The second-order valence-corrected chi connectivity index (χ2v) is 4.40. The average Bonchev–Trinajstić information content (AvgIpc) is 2.93. The highest BCUT2D eigenvalue weighted by molar-refractivity contribution is 6.33. The zero-order valence-corrected chi connectivity index (χ0v) is 11.7. The number of benzene rings is 1. The van der Waals surface area contributed by atoms with E-state index in [4.69, 9.17) is 16.0 Å². The van der Waals surface area contributed by atoms with Gasteiger partial charge in [0.2, 0.25) is 6.20 Å². The molecule has 0 saturated heterocycles. The van der Waals surface area contributed by atoms with Gasteiger partial charge >= 0.3 is 5.97 Å². The van der Waals surface area contributed by atoms with Gasteiger partial charge in [0.25, 0.3) is 0 Å². The Kier molecular flexibility index (Phi) is 4.39. The zero-order chi connectivity index (χ0) is 15.4. The number of esters is 1. The van der Waals surface area contributed by atoms with Crippen LogP contribution in [0.25, 0.3) is 17.4 Å². The number of carbonyl (C=O) groups excluding carboxylic acids is 1. The van der Waals surface area contributed by atoms with Crippen molar-refractivity contribution in [2.45, 2.75) is 0 Å². The van der Waals surface area contributed by atoms with Crippen LogP contribution in [0.2, 0.25) is 5.02 Å². The number of hydrogen-bond donors (Lipinski definition) is 0. The van der Waals surface area contributed by atoms with Crippen molar-refractivity contribution in [3.63, 3.8) is 0 Å². The zero-order valence-electron chi connectivity index (χ0n) is 10.9.